The molecule has 2 heterocycles. The van der Waals surface area contributed by atoms with Crippen molar-refractivity contribution >= 4 is 14.5 Å². The van der Waals surface area contributed by atoms with Crippen LogP contribution in [0.1, 0.15) is 147 Å². The molecule has 1 N–H and O–H groups in total. The Morgan fingerprint density at radius 2 is 1.25 bits per heavy atom. The van der Waals surface area contributed by atoms with Gasteiger partial charge in [-0.3, -0.25) is 19.1 Å². The van der Waals surface area contributed by atoms with E-state index in [9.17, 15) is 19.6 Å². The van der Waals surface area contributed by atoms with E-state index in [1.807, 2.05) is 78.9 Å². The second-order valence-electron chi connectivity index (χ2n) is 18.8. The van der Waals surface area contributed by atoms with E-state index in [1.54, 1.807) is 14.2 Å². The lowest BCUT2D eigenvalue weighted by molar-refractivity contribution is -0.140. The second-order valence-corrected chi connectivity index (χ2v) is 20.2. The summed E-state index contributed by atoms with van der Waals surface area (Å²) in [5, 5.41) is 9.56. The summed E-state index contributed by atoms with van der Waals surface area (Å²) in [6, 6.07) is 29.0. The van der Waals surface area contributed by atoms with E-state index >= 15 is 0 Å². The van der Waals surface area contributed by atoms with Gasteiger partial charge in [-0.2, -0.15) is 5.26 Å². The number of H-pyrrole nitrogens is 1. The smallest absolute Gasteiger partial charge is 0.330 e. The molecular formula is C56H79N4O11P. The van der Waals surface area contributed by atoms with E-state index in [-0.39, 0.29) is 37.7 Å². The number of carbonyl (C=O) groups excluding carboxylic acids is 1. The molecule has 5 rings (SSSR count). The number of hydrogen-bond acceptors (Lipinski definition) is 13. The van der Waals surface area contributed by atoms with E-state index in [0.717, 1.165) is 61.6 Å². The third-order valence-corrected chi connectivity index (χ3v) is 15.1. The number of nitriles is 1. The average molecular weight is 1020 g/mol. The highest BCUT2D eigenvalue weighted by atomic mass is 31.2. The van der Waals surface area contributed by atoms with Crippen molar-refractivity contribution in [3.05, 3.63) is 129 Å². The molecule has 0 bridgehead atoms. The molecule has 394 valence electrons. The van der Waals surface area contributed by atoms with Crippen LogP contribution >= 0.6 is 8.53 Å². The number of benzene rings is 3. The Kier molecular flexibility index (Phi) is 24.9. The summed E-state index contributed by atoms with van der Waals surface area (Å²) < 4.78 is 54.4. The number of aromatic amines is 1. The number of aromatic nitrogens is 2. The maximum absolute atomic E-state index is 13.7. The lowest BCUT2D eigenvalue weighted by Gasteiger charge is -2.39. The van der Waals surface area contributed by atoms with Crippen molar-refractivity contribution in [3.63, 3.8) is 0 Å². The zero-order chi connectivity index (χ0) is 51.7. The lowest BCUT2D eigenvalue weighted by atomic mass is 9.80. The number of carbonyl (C=O) groups is 1. The molecule has 0 spiro atoms. The zero-order valence-corrected chi connectivity index (χ0v) is 44.5. The number of rotatable bonds is 34. The Bertz CT molecular complexity index is 2260. The van der Waals surface area contributed by atoms with Gasteiger partial charge in [-0.1, -0.05) is 125 Å². The monoisotopic (exact) mass is 1010 g/mol. The van der Waals surface area contributed by atoms with Crippen LogP contribution in [0, 0.1) is 11.3 Å². The Morgan fingerprint density at radius 3 is 1.75 bits per heavy atom. The normalized spacial score (nSPS) is 17.3. The SMILES string of the molecule is COC(=O)CCCCCCCCCCCCCCCO[C@@H]1[C@H](OP(OCCC#N)N(C(C)C)C(C)C)[C@@H](COC(c2ccccc2)(c2ccc(OC)cc2)c2ccc(OC)cc2)O[C@H]1n1ccc(=O)[nH]c1=O. The van der Waals surface area contributed by atoms with Crippen LogP contribution in [0.25, 0.3) is 0 Å². The van der Waals surface area contributed by atoms with Crippen LogP contribution in [0.15, 0.2) is 101 Å². The molecule has 1 aromatic heterocycles. The average Bonchev–Trinajstić information content (AvgIpc) is 3.72. The fourth-order valence-electron chi connectivity index (χ4n) is 9.32. The molecule has 16 heteroatoms. The van der Waals surface area contributed by atoms with E-state index in [0.29, 0.717) is 24.5 Å². The van der Waals surface area contributed by atoms with Crippen LogP contribution in [0.3, 0.4) is 0 Å². The Balaban J connectivity index is 1.42. The first-order valence-corrected chi connectivity index (χ1v) is 27.0. The summed E-state index contributed by atoms with van der Waals surface area (Å²) >= 11 is 0. The molecule has 4 aromatic rings. The predicted octanol–water partition coefficient (Wildman–Crippen LogP) is 11.1. The van der Waals surface area contributed by atoms with Crippen molar-refractivity contribution in [2.45, 2.75) is 166 Å². The largest absolute Gasteiger partial charge is 0.497 e. The highest BCUT2D eigenvalue weighted by Gasteiger charge is 2.51. The van der Waals surface area contributed by atoms with Crippen LogP contribution in [-0.2, 0) is 38.4 Å². The van der Waals surface area contributed by atoms with Crippen molar-refractivity contribution < 1.29 is 42.3 Å². The van der Waals surface area contributed by atoms with Crippen molar-refractivity contribution in [1.82, 2.24) is 14.2 Å². The molecule has 1 saturated heterocycles. The minimum absolute atomic E-state index is 0.00142. The molecule has 72 heavy (non-hydrogen) atoms. The van der Waals surface area contributed by atoms with Gasteiger partial charge in [0.05, 0.1) is 47.0 Å². The minimum Gasteiger partial charge on any atom is -0.497 e. The van der Waals surface area contributed by atoms with Crippen molar-refractivity contribution in [2.75, 3.05) is 41.2 Å². The molecule has 1 fully saturated rings. The number of nitrogens with one attached hydrogen (secondary N) is 1. The van der Waals surface area contributed by atoms with Gasteiger partial charge < -0.3 is 37.5 Å². The van der Waals surface area contributed by atoms with E-state index in [1.165, 1.54) is 62.5 Å². The molecule has 0 radical (unpaired) electrons. The molecule has 0 saturated carbocycles. The maximum atomic E-state index is 13.7. The quantitative estimate of drug-likeness (QED) is 0.0203. The molecule has 5 atom stereocenters. The highest BCUT2D eigenvalue weighted by Crippen LogP contribution is 2.51. The van der Waals surface area contributed by atoms with Gasteiger partial charge in [-0.25, -0.2) is 9.46 Å². The van der Waals surface area contributed by atoms with Crippen molar-refractivity contribution in [2.24, 2.45) is 0 Å². The van der Waals surface area contributed by atoms with Gasteiger partial charge in [-0.05, 0) is 81.5 Å². The van der Waals surface area contributed by atoms with Gasteiger partial charge >= 0.3 is 11.7 Å². The first-order valence-electron chi connectivity index (χ1n) is 25.9. The molecule has 1 aliphatic heterocycles. The molecule has 1 unspecified atom stereocenters. The van der Waals surface area contributed by atoms with Gasteiger partial charge in [0.1, 0.15) is 35.4 Å². The van der Waals surface area contributed by atoms with Crippen LogP contribution < -0.4 is 20.7 Å². The zero-order valence-electron chi connectivity index (χ0n) is 43.6. The van der Waals surface area contributed by atoms with Gasteiger partial charge in [0.25, 0.3) is 14.1 Å². The van der Waals surface area contributed by atoms with Crippen LogP contribution in [-0.4, -0.2) is 91.7 Å². The third kappa shape index (κ3) is 16.8. The summed E-state index contributed by atoms with van der Waals surface area (Å²) in [5.41, 5.74) is 0.111. The molecule has 0 aliphatic carbocycles. The number of nitrogens with zero attached hydrogens (tertiary/aromatic N) is 3. The van der Waals surface area contributed by atoms with Gasteiger partial charge in [-0.15, -0.1) is 0 Å². The van der Waals surface area contributed by atoms with E-state index in [2.05, 4.69) is 43.4 Å². The first kappa shape index (κ1) is 58.0. The molecule has 0 amide bonds. The van der Waals surface area contributed by atoms with Crippen LogP contribution in [0.2, 0.25) is 0 Å². The summed E-state index contributed by atoms with van der Waals surface area (Å²) in [6.45, 7) is 8.77. The number of ether oxygens (including phenoxy) is 6. The Morgan fingerprint density at radius 1 is 0.722 bits per heavy atom. The van der Waals surface area contributed by atoms with Crippen LogP contribution in [0.4, 0.5) is 0 Å². The third-order valence-electron chi connectivity index (χ3n) is 13.0. The first-order chi connectivity index (χ1) is 35.0. The van der Waals surface area contributed by atoms with Crippen LogP contribution in [0.5, 0.6) is 11.5 Å². The Labute approximate surface area is 428 Å². The summed E-state index contributed by atoms with van der Waals surface area (Å²) in [6.07, 6.45) is 12.9. The number of methoxy groups -OCH3 is 3. The lowest BCUT2D eigenvalue weighted by Crippen LogP contribution is -2.43. The topological polar surface area (TPSA) is 173 Å². The molecular weight excluding hydrogens is 936 g/mol. The maximum Gasteiger partial charge on any atom is 0.330 e. The fraction of sp³-hybridized carbons (Fsp3) is 0.571. The number of unbranched alkanes of at least 4 members (excludes halogenated alkanes) is 12. The molecule has 15 nitrogen and oxygen atoms in total. The predicted molar refractivity (Wildman–Crippen MR) is 280 cm³/mol. The molecule has 1 aliphatic rings. The van der Waals surface area contributed by atoms with Crippen molar-refractivity contribution in [1.29, 1.82) is 5.26 Å². The molecule has 3 aromatic carbocycles. The van der Waals surface area contributed by atoms with Gasteiger partial charge in [0.15, 0.2) is 6.23 Å². The number of esters is 1. The van der Waals surface area contributed by atoms with Crippen molar-refractivity contribution in [3.8, 4) is 17.6 Å². The fourth-order valence-corrected chi connectivity index (χ4v) is 11.1. The van der Waals surface area contributed by atoms with E-state index in [4.69, 9.17) is 37.5 Å². The van der Waals surface area contributed by atoms with E-state index < -0.39 is 49.9 Å². The number of hydrogen-bond donors (Lipinski definition) is 1. The highest BCUT2D eigenvalue weighted by molar-refractivity contribution is 7.44. The van der Waals surface area contributed by atoms with Gasteiger partial charge in [0.2, 0.25) is 0 Å². The second kappa shape index (κ2) is 31.0. The van der Waals surface area contributed by atoms with Gasteiger partial charge in [0, 0.05) is 37.4 Å². The standard InChI is InChI=1S/C56H79N4O11P/c1-42(2)60(43(3)4)72(69-40-24-37-57)71-52-49(41-68-56(44-25-20-19-21-26-44,45-28-32-47(64-5)33-29-45)46-30-34-48(65-6)35-31-46)70-54(59-38-36-50(61)58-55(59)63)53(52)67-39-23-18-16-14-12-10-8-9-11-13-15-17-22-27-51(62)66-7/h19-21,25-26,28-36,38,42-43,49,52-54H,8-18,22-24,27,39-41H2,1-7H3,(H,58,61,63)/t49-,52-,53-,54-,72?/m1/s1. The minimum atomic E-state index is -1.82. The summed E-state index contributed by atoms with van der Waals surface area (Å²) in [5.74, 6) is 1.25. The summed E-state index contributed by atoms with van der Waals surface area (Å²) in [7, 11) is 2.87. The summed E-state index contributed by atoms with van der Waals surface area (Å²) in [4.78, 5) is 39.9. The Hall–Kier alpha value is -4.91.